The second kappa shape index (κ2) is 6.12. The van der Waals surface area contributed by atoms with Crippen LogP contribution in [0.4, 0.5) is 10.1 Å². The molecule has 0 bridgehead atoms. The normalized spacial score (nSPS) is 13.5. The lowest BCUT2D eigenvalue weighted by Gasteiger charge is -2.17. The molecule has 5 heteroatoms. The molecule has 0 saturated carbocycles. The number of nitrogens with zero attached hydrogens (tertiary/aromatic N) is 3. The van der Waals surface area contributed by atoms with Crippen LogP contribution >= 0.6 is 0 Å². The molecule has 0 saturated heterocycles. The number of pyridine rings is 1. The standard InChI is InChI=1S/C19H14FN3O/c20-15-10-14(11-16(12-15)23-9-3-7-21-13-23)18-5-6-19(24-18)17-4-1-2-8-22-17/h1-6,8-13H,7H2. The minimum Gasteiger partial charge on any atom is -0.454 e. The SMILES string of the molecule is Fc1cc(-c2ccc(-c3ccccn3)o2)cc(N2C=CCN=C2)c1. The molecule has 0 spiro atoms. The number of hydrogen-bond donors (Lipinski definition) is 0. The van der Waals surface area contributed by atoms with Gasteiger partial charge in [-0.05, 0) is 48.5 Å². The zero-order valence-electron chi connectivity index (χ0n) is 12.8. The predicted molar refractivity (Wildman–Crippen MR) is 92.3 cm³/mol. The number of rotatable bonds is 3. The molecular weight excluding hydrogens is 305 g/mol. The van der Waals surface area contributed by atoms with E-state index in [0.29, 0.717) is 29.3 Å². The lowest BCUT2D eigenvalue weighted by atomic mass is 10.1. The average Bonchev–Trinajstić information content (AvgIpc) is 3.13. The number of aromatic nitrogens is 1. The Balaban J connectivity index is 1.71. The summed E-state index contributed by atoms with van der Waals surface area (Å²) in [5.74, 6) is 0.913. The molecule has 4 rings (SSSR count). The molecular formula is C19H14FN3O. The van der Waals surface area contributed by atoms with Gasteiger partial charge in [-0.2, -0.15) is 0 Å². The van der Waals surface area contributed by atoms with E-state index in [0.717, 1.165) is 5.69 Å². The third kappa shape index (κ3) is 2.84. The van der Waals surface area contributed by atoms with Crippen molar-refractivity contribution in [3.05, 3.63) is 72.8 Å². The summed E-state index contributed by atoms with van der Waals surface area (Å²) in [5, 5.41) is 0. The summed E-state index contributed by atoms with van der Waals surface area (Å²) in [6, 6.07) is 14.1. The van der Waals surface area contributed by atoms with Crippen LogP contribution in [-0.4, -0.2) is 17.9 Å². The molecule has 1 aliphatic rings. The largest absolute Gasteiger partial charge is 0.454 e. The van der Waals surface area contributed by atoms with Crippen LogP contribution in [0, 0.1) is 5.82 Å². The summed E-state index contributed by atoms with van der Waals surface area (Å²) in [6.07, 6.45) is 7.17. The van der Waals surface area contributed by atoms with Crippen LogP contribution in [0.2, 0.25) is 0 Å². The van der Waals surface area contributed by atoms with Gasteiger partial charge in [-0.25, -0.2) is 4.39 Å². The monoisotopic (exact) mass is 319 g/mol. The summed E-state index contributed by atoms with van der Waals surface area (Å²) in [6.45, 7) is 0.643. The van der Waals surface area contributed by atoms with Gasteiger partial charge in [0.15, 0.2) is 5.76 Å². The van der Waals surface area contributed by atoms with Gasteiger partial charge in [0.05, 0.1) is 18.6 Å². The molecule has 0 atom stereocenters. The van der Waals surface area contributed by atoms with Gasteiger partial charge < -0.3 is 9.32 Å². The van der Waals surface area contributed by atoms with E-state index in [2.05, 4.69) is 9.98 Å². The zero-order chi connectivity index (χ0) is 16.4. The Kier molecular flexibility index (Phi) is 3.67. The van der Waals surface area contributed by atoms with Crippen LogP contribution in [-0.2, 0) is 0 Å². The highest BCUT2D eigenvalue weighted by molar-refractivity contribution is 5.84. The van der Waals surface area contributed by atoms with Gasteiger partial charge in [0.2, 0.25) is 0 Å². The van der Waals surface area contributed by atoms with Crippen LogP contribution in [0.3, 0.4) is 0 Å². The Bertz CT molecular complexity index is 903. The minimum atomic E-state index is -0.328. The maximum absolute atomic E-state index is 14.0. The maximum Gasteiger partial charge on any atom is 0.153 e. The van der Waals surface area contributed by atoms with E-state index < -0.39 is 0 Å². The predicted octanol–water partition coefficient (Wildman–Crippen LogP) is 4.51. The number of anilines is 1. The van der Waals surface area contributed by atoms with Crippen molar-refractivity contribution in [2.45, 2.75) is 0 Å². The van der Waals surface area contributed by atoms with Crippen LogP contribution in [0.25, 0.3) is 22.8 Å². The number of furan rings is 1. The van der Waals surface area contributed by atoms with Crippen molar-refractivity contribution in [1.82, 2.24) is 4.98 Å². The fourth-order valence-corrected chi connectivity index (χ4v) is 2.55. The van der Waals surface area contributed by atoms with E-state index >= 15 is 0 Å². The van der Waals surface area contributed by atoms with Crippen molar-refractivity contribution < 1.29 is 8.81 Å². The fourth-order valence-electron chi connectivity index (χ4n) is 2.55. The third-order valence-electron chi connectivity index (χ3n) is 3.67. The molecule has 0 unspecified atom stereocenters. The van der Waals surface area contributed by atoms with E-state index in [1.165, 1.54) is 12.1 Å². The van der Waals surface area contributed by atoms with Gasteiger partial charge in [-0.1, -0.05) is 6.07 Å². The van der Waals surface area contributed by atoms with Gasteiger partial charge >= 0.3 is 0 Å². The Hall–Kier alpha value is -3.21. The van der Waals surface area contributed by atoms with Crippen LogP contribution < -0.4 is 4.90 Å². The number of benzene rings is 1. The summed E-state index contributed by atoms with van der Waals surface area (Å²) in [5.41, 5.74) is 2.10. The summed E-state index contributed by atoms with van der Waals surface area (Å²) >= 11 is 0. The molecule has 0 N–H and O–H groups in total. The first-order chi connectivity index (χ1) is 11.8. The molecule has 1 aromatic carbocycles. The first-order valence-electron chi connectivity index (χ1n) is 7.57. The number of hydrogen-bond acceptors (Lipinski definition) is 4. The van der Waals surface area contributed by atoms with Crippen molar-refractivity contribution in [2.24, 2.45) is 4.99 Å². The lowest BCUT2D eigenvalue weighted by Crippen LogP contribution is -2.16. The van der Waals surface area contributed by atoms with Crippen molar-refractivity contribution in [1.29, 1.82) is 0 Å². The topological polar surface area (TPSA) is 41.6 Å². The van der Waals surface area contributed by atoms with E-state index in [1.807, 2.05) is 48.7 Å². The molecule has 4 nitrogen and oxygen atoms in total. The minimum absolute atomic E-state index is 0.328. The zero-order valence-corrected chi connectivity index (χ0v) is 12.8. The first-order valence-corrected chi connectivity index (χ1v) is 7.57. The fraction of sp³-hybridized carbons (Fsp3) is 0.0526. The van der Waals surface area contributed by atoms with Gasteiger partial charge in [-0.3, -0.25) is 9.98 Å². The molecule has 24 heavy (non-hydrogen) atoms. The molecule has 0 fully saturated rings. The quantitative estimate of drug-likeness (QED) is 0.713. The van der Waals surface area contributed by atoms with Crippen molar-refractivity contribution in [3.63, 3.8) is 0 Å². The summed E-state index contributed by atoms with van der Waals surface area (Å²) in [7, 11) is 0. The molecule has 118 valence electrons. The number of aliphatic imine (C=N–C) groups is 1. The van der Waals surface area contributed by atoms with Gasteiger partial charge in [0, 0.05) is 18.0 Å². The Labute approximate surface area is 138 Å². The summed E-state index contributed by atoms with van der Waals surface area (Å²) in [4.78, 5) is 10.2. The van der Waals surface area contributed by atoms with E-state index in [4.69, 9.17) is 4.42 Å². The van der Waals surface area contributed by atoms with Crippen molar-refractivity contribution in [2.75, 3.05) is 11.4 Å². The highest BCUT2D eigenvalue weighted by atomic mass is 19.1. The highest BCUT2D eigenvalue weighted by Gasteiger charge is 2.12. The molecule has 3 heterocycles. The molecule has 0 amide bonds. The van der Waals surface area contributed by atoms with Crippen LogP contribution in [0.15, 0.2) is 76.4 Å². The first kappa shape index (κ1) is 14.4. The Morgan fingerprint density at radius 2 is 1.96 bits per heavy atom. The smallest absolute Gasteiger partial charge is 0.153 e. The molecule has 0 radical (unpaired) electrons. The third-order valence-corrected chi connectivity index (χ3v) is 3.67. The number of halogens is 1. The van der Waals surface area contributed by atoms with Crippen molar-refractivity contribution in [3.8, 4) is 22.8 Å². The highest BCUT2D eigenvalue weighted by Crippen LogP contribution is 2.30. The van der Waals surface area contributed by atoms with E-state index in [-0.39, 0.29) is 5.82 Å². The molecule has 2 aromatic heterocycles. The van der Waals surface area contributed by atoms with Gasteiger partial charge in [0.1, 0.15) is 17.3 Å². The van der Waals surface area contributed by atoms with Crippen LogP contribution in [0.5, 0.6) is 0 Å². The molecule has 1 aliphatic heterocycles. The molecule has 0 aliphatic carbocycles. The maximum atomic E-state index is 14.0. The lowest BCUT2D eigenvalue weighted by molar-refractivity contribution is 0.592. The second-order valence-corrected chi connectivity index (χ2v) is 5.35. The van der Waals surface area contributed by atoms with Gasteiger partial charge in [0.25, 0.3) is 0 Å². The van der Waals surface area contributed by atoms with E-state index in [9.17, 15) is 4.39 Å². The van der Waals surface area contributed by atoms with Crippen LogP contribution in [0.1, 0.15) is 0 Å². The second-order valence-electron chi connectivity index (χ2n) is 5.35. The van der Waals surface area contributed by atoms with E-state index in [1.54, 1.807) is 17.4 Å². The van der Waals surface area contributed by atoms with Crippen molar-refractivity contribution >= 4 is 12.0 Å². The average molecular weight is 319 g/mol. The Morgan fingerprint density at radius 3 is 2.75 bits per heavy atom. The Morgan fingerprint density at radius 1 is 1.04 bits per heavy atom. The molecule has 3 aromatic rings. The summed E-state index contributed by atoms with van der Waals surface area (Å²) < 4.78 is 19.9. The van der Waals surface area contributed by atoms with Gasteiger partial charge in [-0.15, -0.1) is 0 Å².